The van der Waals surface area contributed by atoms with E-state index >= 15 is 0 Å². The van der Waals surface area contributed by atoms with Crippen LogP contribution in [0.2, 0.25) is 0 Å². The predicted octanol–water partition coefficient (Wildman–Crippen LogP) is 6.13. The van der Waals surface area contributed by atoms with Gasteiger partial charge in [-0.25, -0.2) is 0 Å². The van der Waals surface area contributed by atoms with Gasteiger partial charge in [0.05, 0.1) is 33.0 Å². The van der Waals surface area contributed by atoms with E-state index in [-0.39, 0.29) is 25.3 Å². The summed E-state index contributed by atoms with van der Waals surface area (Å²) in [5.74, 6) is 4.00. The third-order valence-corrected chi connectivity index (χ3v) is 10.00. The van der Waals surface area contributed by atoms with E-state index < -0.39 is 0 Å². The minimum atomic E-state index is -0.191. The van der Waals surface area contributed by atoms with Gasteiger partial charge in [-0.3, -0.25) is 9.80 Å². The van der Waals surface area contributed by atoms with E-state index in [2.05, 4.69) is 60.3 Å². The zero-order valence-corrected chi connectivity index (χ0v) is 27.0. The van der Waals surface area contributed by atoms with Gasteiger partial charge in [0.25, 0.3) is 0 Å². The minimum Gasteiger partial charge on any atom is -0.496 e. The molecule has 4 aromatic carbocycles. The van der Waals surface area contributed by atoms with Gasteiger partial charge >= 0.3 is 0 Å². The van der Waals surface area contributed by atoms with Crippen LogP contribution in [0.1, 0.15) is 56.6 Å². The monoisotopic (exact) mass is 622 g/mol. The number of hydrogen-bond acceptors (Lipinski definition) is 8. The molecule has 10 rings (SSSR count). The molecule has 4 bridgehead atoms. The Balaban J connectivity index is 1.41. The maximum atomic E-state index is 10.6. The molecule has 8 heteroatoms. The molecule has 6 aliphatic rings. The highest BCUT2D eigenvalue weighted by molar-refractivity contribution is 5.60. The highest BCUT2D eigenvalue weighted by Crippen LogP contribution is 2.49. The van der Waals surface area contributed by atoms with Crippen molar-refractivity contribution in [2.24, 2.45) is 0 Å². The van der Waals surface area contributed by atoms with Crippen molar-refractivity contribution in [2.45, 2.75) is 51.0 Å². The molecule has 0 amide bonds. The van der Waals surface area contributed by atoms with Crippen LogP contribution in [0.3, 0.4) is 0 Å². The Morgan fingerprint density at radius 2 is 1.22 bits per heavy atom. The largest absolute Gasteiger partial charge is 0.496 e. The fourth-order valence-corrected chi connectivity index (χ4v) is 7.48. The van der Waals surface area contributed by atoms with E-state index in [9.17, 15) is 10.2 Å². The highest BCUT2D eigenvalue weighted by Gasteiger charge is 2.34. The molecule has 240 valence electrons. The molecule has 8 nitrogen and oxygen atoms in total. The maximum absolute atomic E-state index is 10.6. The second kappa shape index (κ2) is 12.6. The number of ether oxygens (including phenoxy) is 4. The molecule has 0 aromatic heterocycles. The van der Waals surface area contributed by atoms with Crippen LogP contribution in [0.5, 0.6) is 34.5 Å². The fraction of sp³-hybridized carbons (Fsp3) is 0.368. The van der Waals surface area contributed by atoms with Crippen LogP contribution < -0.4 is 18.9 Å². The first-order chi connectivity index (χ1) is 22.4. The van der Waals surface area contributed by atoms with E-state index in [0.717, 1.165) is 66.6 Å². The highest BCUT2D eigenvalue weighted by atomic mass is 16.5. The summed E-state index contributed by atoms with van der Waals surface area (Å²) in [6.07, 6.45) is 3.22. The summed E-state index contributed by atoms with van der Waals surface area (Å²) >= 11 is 0. The summed E-state index contributed by atoms with van der Waals surface area (Å²) in [5.41, 5.74) is 8.25. The zero-order chi connectivity index (χ0) is 31.9. The van der Waals surface area contributed by atoms with Gasteiger partial charge in [0, 0.05) is 41.9 Å². The maximum Gasteiger partial charge on any atom is 0.174 e. The smallest absolute Gasteiger partial charge is 0.174 e. The van der Waals surface area contributed by atoms with Crippen LogP contribution >= 0.6 is 0 Å². The van der Waals surface area contributed by atoms with Crippen molar-refractivity contribution >= 4 is 0 Å². The van der Waals surface area contributed by atoms with Crippen molar-refractivity contribution in [3.63, 3.8) is 0 Å². The second-order valence-corrected chi connectivity index (χ2v) is 12.6. The Kier molecular flexibility index (Phi) is 8.38. The van der Waals surface area contributed by atoms with Gasteiger partial charge in [0.15, 0.2) is 11.5 Å². The molecule has 0 aliphatic carbocycles. The van der Waals surface area contributed by atoms with E-state index in [4.69, 9.17) is 18.9 Å². The number of rotatable bonds is 4. The number of nitrogens with zero attached hydrogens (tertiary/aromatic N) is 2. The standard InChI is InChI=1S/C38H42N2O6/c1-39-16-14-26-20-33(43-3)30(22-42)37-34(26)31(39)17-23-7-11-29(12-8-23)46-38-35-25(19-27(21-41)36(38)44-4)13-15-40(2)32(35)18-24-5-9-28(45-37)10-6-24/h5-12,19-20,31-32,41-42H,13-18,21-22H2,1-4H3/t31-,32-/m1/s1. The fourth-order valence-electron chi connectivity index (χ4n) is 7.48. The summed E-state index contributed by atoms with van der Waals surface area (Å²) < 4.78 is 25.1. The summed E-state index contributed by atoms with van der Waals surface area (Å²) in [6.45, 7) is 1.47. The number of benzene rings is 4. The SMILES string of the molecule is COc1cc2c3c(c1CO)Oc1ccc(cc1)C[C@@H]1c4c(cc(CO)c(OC)c4Oc4ccc(cc4)C[C@H]3N(C)CC2)CCN1C. The van der Waals surface area contributed by atoms with E-state index in [1.807, 2.05) is 24.3 Å². The summed E-state index contributed by atoms with van der Waals surface area (Å²) in [5, 5.41) is 20.9. The first-order valence-corrected chi connectivity index (χ1v) is 16.0. The van der Waals surface area contributed by atoms with E-state index in [1.165, 1.54) is 11.1 Å². The molecule has 0 saturated carbocycles. The van der Waals surface area contributed by atoms with E-state index in [1.54, 1.807) is 14.2 Å². The lowest BCUT2D eigenvalue weighted by Gasteiger charge is -2.37. The van der Waals surface area contributed by atoms with Gasteiger partial charge in [-0.2, -0.15) is 0 Å². The molecule has 2 atom stereocenters. The molecule has 4 aromatic rings. The lowest BCUT2D eigenvalue weighted by molar-refractivity contribution is 0.220. The van der Waals surface area contributed by atoms with Crippen molar-refractivity contribution in [1.29, 1.82) is 0 Å². The summed E-state index contributed by atoms with van der Waals surface area (Å²) in [4.78, 5) is 4.73. The molecule has 2 N–H and O–H groups in total. The van der Waals surface area contributed by atoms with Crippen LogP contribution in [0.15, 0.2) is 60.7 Å². The van der Waals surface area contributed by atoms with Crippen molar-refractivity contribution in [2.75, 3.05) is 41.4 Å². The predicted molar refractivity (Wildman–Crippen MR) is 176 cm³/mol. The topological polar surface area (TPSA) is 83.9 Å². The first-order valence-electron chi connectivity index (χ1n) is 16.0. The third-order valence-electron chi connectivity index (χ3n) is 10.00. The quantitative estimate of drug-likeness (QED) is 0.281. The minimum absolute atomic E-state index is 0.0320. The molecule has 0 spiro atoms. The lowest BCUT2D eigenvalue weighted by atomic mass is 9.86. The Labute approximate surface area is 270 Å². The first kappa shape index (κ1) is 30.6. The molecule has 6 aliphatic heterocycles. The van der Waals surface area contributed by atoms with Crippen LogP contribution in [0.4, 0.5) is 0 Å². The second-order valence-electron chi connectivity index (χ2n) is 12.6. The van der Waals surface area contributed by atoms with Crippen molar-refractivity contribution < 1.29 is 29.2 Å². The molecule has 6 heterocycles. The van der Waals surface area contributed by atoms with Crippen LogP contribution in [0.25, 0.3) is 0 Å². The number of methoxy groups -OCH3 is 2. The summed E-state index contributed by atoms with van der Waals surface area (Å²) in [7, 11) is 7.58. The summed E-state index contributed by atoms with van der Waals surface area (Å²) in [6, 6.07) is 20.8. The van der Waals surface area contributed by atoms with Crippen molar-refractivity contribution in [3.8, 4) is 34.5 Å². The molecular formula is C38H42N2O6. The number of likely N-dealkylation sites (N-methyl/N-ethyl adjacent to an activating group) is 2. The number of aliphatic hydroxyl groups excluding tert-OH is 2. The molecule has 0 radical (unpaired) electrons. The molecule has 0 unspecified atom stereocenters. The van der Waals surface area contributed by atoms with Crippen LogP contribution in [0, 0.1) is 0 Å². The molecular weight excluding hydrogens is 580 g/mol. The Morgan fingerprint density at radius 3 is 1.72 bits per heavy atom. The Hall–Kier alpha value is -4.08. The van der Waals surface area contributed by atoms with Gasteiger partial charge in [-0.1, -0.05) is 24.3 Å². The molecule has 46 heavy (non-hydrogen) atoms. The Morgan fingerprint density at radius 1 is 0.696 bits per heavy atom. The normalized spacial score (nSPS) is 19.3. The third kappa shape index (κ3) is 5.39. The molecule has 0 fully saturated rings. The average Bonchev–Trinajstić information content (AvgIpc) is 3.07. The lowest BCUT2D eigenvalue weighted by Crippen LogP contribution is -2.34. The molecule has 0 saturated heterocycles. The van der Waals surface area contributed by atoms with Crippen LogP contribution in [-0.4, -0.2) is 61.4 Å². The van der Waals surface area contributed by atoms with Gasteiger partial charge in [-0.15, -0.1) is 0 Å². The number of aliphatic hydroxyl groups is 2. The zero-order valence-electron chi connectivity index (χ0n) is 27.0. The van der Waals surface area contributed by atoms with Crippen LogP contribution in [-0.2, 0) is 38.9 Å². The number of hydrogen-bond donors (Lipinski definition) is 2. The van der Waals surface area contributed by atoms with Crippen molar-refractivity contribution in [1.82, 2.24) is 9.80 Å². The van der Waals surface area contributed by atoms with E-state index in [0.29, 0.717) is 40.1 Å². The van der Waals surface area contributed by atoms with Gasteiger partial charge in [-0.05, 0) is 98.4 Å². The van der Waals surface area contributed by atoms with Gasteiger partial charge in [0.2, 0.25) is 0 Å². The van der Waals surface area contributed by atoms with Crippen molar-refractivity contribution in [3.05, 3.63) is 105 Å². The Bertz CT molecular complexity index is 1610. The van der Waals surface area contributed by atoms with Gasteiger partial charge < -0.3 is 29.2 Å². The average molecular weight is 623 g/mol. The van der Waals surface area contributed by atoms with Gasteiger partial charge in [0.1, 0.15) is 23.0 Å².